The molecule has 0 aliphatic carbocycles. The van der Waals surface area contributed by atoms with Crippen LogP contribution in [0.1, 0.15) is 27.7 Å². The summed E-state index contributed by atoms with van der Waals surface area (Å²) in [6.45, 7) is 1.72. The van der Waals surface area contributed by atoms with Crippen LogP contribution in [0, 0.1) is 17.1 Å². The maximum atomic E-state index is 14.9. The third-order valence-corrected chi connectivity index (χ3v) is 8.29. The fraction of sp³-hybridized carbons (Fsp3) is 0.0588. The first-order valence-electron chi connectivity index (χ1n) is 13.0. The number of nitrogens with zero attached hydrogens (tertiary/aromatic N) is 2. The Bertz CT molecular complexity index is 1800. The van der Waals surface area contributed by atoms with E-state index < -0.39 is 11.1 Å². The molecule has 5 rings (SSSR count). The number of halogens is 1. The molecule has 0 bridgehead atoms. The summed E-state index contributed by atoms with van der Waals surface area (Å²) < 4.78 is 14.9. The Kier molecular flexibility index (Phi) is 9.02. The second-order valence-corrected chi connectivity index (χ2v) is 11.5. The summed E-state index contributed by atoms with van der Waals surface area (Å²) in [7, 11) is 0. The number of carbonyl (C=O) groups excluding carboxylic acids is 2. The van der Waals surface area contributed by atoms with Crippen LogP contribution in [0.5, 0.6) is 0 Å². The lowest BCUT2D eigenvalue weighted by Crippen LogP contribution is -2.22. The van der Waals surface area contributed by atoms with Gasteiger partial charge in [-0.15, -0.1) is 11.3 Å². The van der Waals surface area contributed by atoms with Gasteiger partial charge in [0.1, 0.15) is 16.9 Å². The van der Waals surface area contributed by atoms with Crippen molar-refractivity contribution >= 4 is 46.6 Å². The van der Waals surface area contributed by atoms with Crippen LogP contribution in [-0.4, -0.2) is 21.9 Å². The first-order valence-corrected chi connectivity index (χ1v) is 14.8. The number of thiophene rings is 1. The Morgan fingerprint density at radius 1 is 0.976 bits per heavy atom. The Hall–Kier alpha value is -4.84. The van der Waals surface area contributed by atoms with Gasteiger partial charge >= 0.3 is 0 Å². The van der Waals surface area contributed by atoms with Crippen molar-refractivity contribution < 1.29 is 14.0 Å². The maximum absolute atomic E-state index is 14.9. The second kappa shape index (κ2) is 13.2. The summed E-state index contributed by atoms with van der Waals surface area (Å²) in [5.41, 5.74) is 3.30. The minimum absolute atomic E-state index is 0.135. The number of allylic oxidation sites excluding steroid dienone is 1. The molecule has 0 radical (unpaired) electrons. The van der Waals surface area contributed by atoms with Gasteiger partial charge in [0.15, 0.2) is 5.78 Å². The Balaban J connectivity index is 1.37. The highest BCUT2D eigenvalue weighted by molar-refractivity contribution is 8.00. The lowest BCUT2D eigenvalue weighted by molar-refractivity contribution is -0.115. The number of hydrogen-bond acceptors (Lipinski definition) is 6. The molecule has 1 atom stereocenters. The second-order valence-electron chi connectivity index (χ2n) is 9.23. The van der Waals surface area contributed by atoms with Crippen LogP contribution in [0.3, 0.4) is 0 Å². The SMILES string of the molecule is C[C@@H](Sc1nc(-c2ccccc2)cc(-c2ccccc2F)c1C#N)C(=O)Nc1ccc(C(=O)/C=C/c2cccs2)cc1. The van der Waals surface area contributed by atoms with Crippen LogP contribution in [0.4, 0.5) is 10.1 Å². The smallest absolute Gasteiger partial charge is 0.237 e. The third-order valence-electron chi connectivity index (χ3n) is 6.37. The standard InChI is InChI=1S/C34H24FN3O2S2/c1-22(33(40)37-25-15-13-24(14-16-25)32(39)18-17-26-10-7-19-41-26)42-34-29(21-36)28(27-11-5-6-12-30(27)35)20-31(38-34)23-8-3-2-4-9-23/h2-20,22H,1H3,(H,37,40)/b18-17+/t22-/m1/s1. The highest BCUT2D eigenvalue weighted by Gasteiger charge is 2.22. The van der Waals surface area contributed by atoms with Crippen molar-refractivity contribution in [2.45, 2.75) is 17.2 Å². The van der Waals surface area contributed by atoms with E-state index >= 15 is 0 Å². The average molecular weight is 590 g/mol. The zero-order chi connectivity index (χ0) is 29.5. The van der Waals surface area contributed by atoms with Crippen molar-refractivity contribution in [3.63, 3.8) is 0 Å². The van der Waals surface area contributed by atoms with Crippen molar-refractivity contribution in [2.24, 2.45) is 0 Å². The van der Waals surface area contributed by atoms with E-state index in [9.17, 15) is 19.2 Å². The lowest BCUT2D eigenvalue weighted by Gasteiger charge is -2.16. The average Bonchev–Trinajstić information content (AvgIpc) is 3.54. The highest BCUT2D eigenvalue weighted by Crippen LogP contribution is 2.36. The number of benzene rings is 3. The van der Waals surface area contributed by atoms with Crippen LogP contribution in [0.25, 0.3) is 28.5 Å². The molecule has 0 fully saturated rings. The number of amides is 1. The molecule has 206 valence electrons. The number of rotatable bonds is 9. The van der Waals surface area contributed by atoms with Gasteiger partial charge in [-0.3, -0.25) is 9.59 Å². The normalized spacial score (nSPS) is 11.6. The third kappa shape index (κ3) is 6.72. The lowest BCUT2D eigenvalue weighted by atomic mass is 9.99. The minimum Gasteiger partial charge on any atom is -0.325 e. The van der Waals surface area contributed by atoms with Crippen molar-refractivity contribution in [1.29, 1.82) is 5.26 Å². The van der Waals surface area contributed by atoms with E-state index in [4.69, 9.17) is 4.98 Å². The van der Waals surface area contributed by atoms with Crippen LogP contribution in [0.15, 0.2) is 114 Å². The number of ketones is 1. The molecule has 0 saturated carbocycles. The molecule has 42 heavy (non-hydrogen) atoms. The van der Waals surface area contributed by atoms with Gasteiger partial charge in [-0.25, -0.2) is 9.37 Å². The van der Waals surface area contributed by atoms with Gasteiger partial charge in [0, 0.05) is 32.8 Å². The molecule has 5 aromatic rings. The zero-order valence-corrected chi connectivity index (χ0v) is 24.1. The summed E-state index contributed by atoms with van der Waals surface area (Å²) in [6, 6.07) is 30.1. The largest absolute Gasteiger partial charge is 0.325 e. The Labute approximate surface area is 251 Å². The Morgan fingerprint density at radius 3 is 2.40 bits per heavy atom. The fourth-order valence-electron chi connectivity index (χ4n) is 4.19. The molecule has 5 nitrogen and oxygen atoms in total. The number of carbonyl (C=O) groups is 2. The number of pyridine rings is 1. The number of thioether (sulfide) groups is 1. The summed E-state index contributed by atoms with van der Waals surface area (Å²) in [4.78, 5) is 31.4. The number of hydrogen-bond donors (Lipinski definition) is 1. The number of anilines is 1. The predicted octanol–water partition coefficient (Wildman–Crippen LogP) is 8.50. The van der Waals surface area contributed by atoms with E-state index in [0.717, 1.165) is 22.2 Å². The molecule has 0 aliphatic rings. The zero-order valence-electron chi connectivity index (χ0n) is 22.5. The quantitative estimate of drug-likeness (QED) is 0.106. The van der Waals surface area contributed by atoms with Gasteiger partial charge in [-0.2, -0.15) is 5.26 Å². The van der Waals surface area contributed by atoms with E-state index in [0.29, 0.717) is 27.5 Å². The van der Waals surface area contributed by atoms with Gasteiger partial charge in [-0.1, -0.05) is 66.4 Å². The fourth-order valence-corrected chi connectivity index (χ4v) is 5.73. The predicted molar refractivity (Wildman–Crippen MR) is 168 cm³/mol. The van der Waals surface area contributed by atoms with E-state index in [1.165, 1.54) is 12.1 Å². The first kappa shape index (κ1) is 28.7. The number of nitrogens with one attached hydrogen (secondary N) is 1. The van der Waals surface area contributed by atoms with E-state index in [1.807, 2.05) is 47.8 Å². The molecule has 0 unspecified atom stereocenters. The van der Waals surface area contributed by atoms with Gasteiger partial charge in [0.25, 0.3) is 0 Å². The van der Waals surface area contributed by atoms with Crippen molar-refractivity contribution in [3.8, 4) is 28.5 Å². The molecule has 2 heterocycles. The van der Waals surface area contributed by atoms with Gasteiger partial charge in [0.05, 0.1) is 16.5 Å². The number of nitriles is 1. The molecule has 0 spiro atoms. The molecular formula is C34H24FN3O2S2. The van der Waals surface area contributed by atoms with E-state index in [1.54, 1.807) is 72.9 Å². The summed E-state index contributed by atoms with van der Waals surface area (Å²) >= 11 is 2.68. The highest BCUT2D eigenvalue weighted by atomic mass is 32.2. The van der Waals surface area contributed by atoms with Crippen LogP contribution < -0.4 is 5.32 Å². The van der Waals surface area contributed by atoms with E-state index in [-0.39, 0.29) is 22.8 Å². The first-order chi connectivity index (χ1) is 20.4. The van der Waals surface area contributed by atoms with Gasteiger partial charge < -0.3 is 5.32 Å². The van der Waals surface area contributed by atoms with Gasteiger partial charge in [0.2, 0.25) is 5.91 Å². The summed E-state index contributed by atoms with van der Waals surface area (Å²) in [5.74, 6) is -0.894. The number of aromatic nitrogens is 1. The molecule has 0 aliphatic heterocycles. The van der Waals surface area contributed by atoms with Crippen molar-refractivity contribution in [1.82, 2.24) is 4.98 Å². The Morgan fingerprint density at radius 2 is 1.71 bits per heavy atom. The molecule has 1 N–H and O–H groups in total. The van der Waals surface area contributed by atoms with Crippen molar-refractivity contribution in [3.05, 3.63) is 130 Å². The maximum Gasteiger partial charge on any atom is 0.237 e. The molecule has 1 amide bonds. The summed E-state index contributed by atoms with van der Waals surface area (Å²) in [6.07, 6.45) is 3.30. The molecule has 0 saturated heterocycles. The molecule has 2 aromatic heterocycles. The van der Waals surface area contributed by atoms with Crippen LogP contribution in [0.2, 0.25) is 0 Å². The van der Waals surface area contributed by atoms with Crippen molar-refractivity contribution in [2.75, 3.05) is 5.32 Å². The van der Waals surface area contributed by atoms with Gasteiger partial charge in [-0.05, 0) is 66.9 Å². The van der Waals surface area contributed by atoms with Crippen LogP contribution >= 0.6 is 23.1 Å². The molecular weight excluding hydrogens is 566 g/mol. The van der Waals surface area contributed by atoms with E-state index in [2.05, 4.69) is 11.4 Å². The van der Waals surface area contributed by atoms with Crippen LogP contribution in [-0.2, 0) is 4.79 Å². The topological polar surface area (TPSA) is 82.8 Å². The molecule has 3 aromatic carbocycles. The summed E-state index contributed by atoms with van der Waals surface area (Å²) in [5, 5.41) is 14.6. The monoisotopic (exact) mass is 589 g/mol. The molecule has 8 heteroatoms. The minimum atomic E-state index is -0.640.